The van der Waals surface area contributed by atoms with E-state index in [1.165, 1.54) is 0 Å². The van der Waals surface area contributed by atoms with Crippen molar-refractivity contribution in [2.45, 2.75) is 44.6 Å². The molecule has 35 heavy (non-hydrogen) atoms. The first-order valence-electron chi connectivity index (χ1n) is 11.4. The molecule has 0 radical (unpaired) electrons. The molecule has 0 aliphatic rings. The second-order valence-electron chi connectivity index (χ2n) is 9.41. The zero-order valence-electron chi connectivity index (χ0n) is 20.0. The normalized spacial score (nSPS) is 12.5. The van der Waals surface area contributed by atoms with Gasteiger partial charge in [-0.1, -0.05) is 19.1 Å². The minimum absolute atomic E-state index is 0.201. The number of nitrogens with one attached hydrogen (secondary N) is 3. The Kier molecular flexibility index (Phi) is 5.57. The van der Waals surface area contributed by atoms with Crippen LogP contribution >= 0.6 is 0 Å². The molecule has 9 nitrogen and oxygen atoms in total. The van der Waals surface area contributed by atoms with Crippen molar-refractivity contribution in [1.82, 2.24) is 29.3 Å². The number of hydrogen-bond donors (Lipinski definition) is 3. The van der Waals surface area contributed by atoms with Crippen LogP contribution in [0.5, 0.6) is 0 Å². The highest BCUT2D eigenvalue weighted by molar-refractivity contribution is 7.89. The minimum Gasteiger partial charge on any atom is -0.342 e. The van der Waals surface area contributed by atoms with Gasteiger partial charge in [-0.25, -0.2) is 27.6 Å². The number of nitrogens with zero attached hydrogens (tertiary/aromatic N) is 4. The fourth-order valence-corrected chi connectivity index (χ4v) is 5.36. The second-order valence-corrected chi connectivity index (χ2v) is 11.1. The maximum absolute atomic E-state index is 12.8. The largest absolute Gasteiger partial charge is 0.342 e. The Morgan fingerprint density at radius 2 is 1.89 bits per heavy atom. The van der Waals surface area contributed by atoms with Crippen LogP contribution in [-0.2, 0) is 16.4 Å². The molecule has 0 saturated heterocycles. The average molecular weight is 490 g/mol. The summed E-state index contributed by atoms with van der Waals surface area (Å²) >= 11 is 0. The van der Waals surface area contributed by atoms with Gasteiger partial charge in [0.1, 0.15) is 5.82 Å². The van der Waals surface area contributed by atoms with Crippen LogP contribution in [0.4, 0.5) is 11.6 Å². The van der Waals surface area contributed by atoms with E-state index < -0.39 is 15.6 Å². The van der Waals surface area contributed by atoms with Gasteiger partial charge in [0.05, 0.1) is 33.3 Å². The number of imidazole rings is 1. The van der Waals surface area contributed by atoms with E-state index in [-0.39, 0.29) is 4.90 Å². The molecule has 10 heteroatoms. The van der Waals surface area contributed by atoms with Crippen LogP contribution in [0.1, 0.15) is 33.5 Å². The van der Waals surface area contributed by atoms with Crippen molar-refractivity contribution in [3.05, 3.63) is 66.6 Å². The predicted octanol–water partition coefficient (Wildman–Crippen LogP) is 4.66. The van der Waals surface area contributed by atoms with Gasteiger partial charge in [0, 0.05) is 23.2 Å². The first-order chi connectivity index (χ1) is 16.6. The molecule has 0 fully saturated rings. The first kappa shape index (κ1) is 23.0. The molecule has 3 heterocycles. The molecule has 0 aliphatic carbocycles. The van der Waals surface area contributed by atoms with Crippen LogP contribution in [0.3, 0.4) is 0 Å². The fourth-order valence-electron chi connectivity index (χ4n) is 3.90. The fraction of sp³-hybridized carbons (Fsp3) is 0.240. The average Bonchev–Trinajstić information content (AvgIpc) is 3.41. The van der Waals surface area contributed by atoms with Crippen LogP contribution in [0.2, 0.25) is 0 Å². The highest BCUT2D eigenvalue weighted by Crippen LogP contribution is 2.26. The number of fused-ring (bicyclic) bond motifs is 2. The summed E-state index contributed by atoms with van der Waals surface area (Å²) in [5, 5.41) is 7.91. The Hall–Kier alpha value is -3.76. The van der Waals surface area contributed by atoms with Gasteiger partial charge in [0.15, 0.2) is 0 Å². The van der Waals surface area contributed by atoms with E-state index in [9.17, 15) is 8.42 Å². The molecule has 5 rings (SSSR count). The number of rotatable bonds is 6. The number of H-pyrrole nitrogens is 1. The molecule has 0 bridgehead atoms. The van der Waals surface area contributed by atoms with Crippen LogP contribution in [0, 0.1) is 0 Å². The Bertz CT molecular complexity index is 1650. The maximum atomic E-state index is 12.8. The lowest BCUT2D eigenvalue weighted by Gasteiger charge is -2.20. The van der Waals surface area contributed by atoms with Crippen molar-refractivity contribution >= 4 is 38.2 Å². The summed E-state index contributed by atoms with van der Waals surface area (Å²) in [5.74, 6) is 1.36. The number of benzene rings is 2. The lowest BCUT2D eigenvalue weighted by Crippen LogP contribution is -2.40. The van der Waals surface area contributed by atoms with E-state index in [2.05, 4.69) is 37.0 Å². The first-order valence-corrected chi connectivity index (χ1v) is 12.8. The van der Waals surface area contributed by atoms with E-state index in [4.69, 9.17) is 0 Å². The van der Waals surface area contributed by atoms with Gasteiger partial charge in [0.25, 0.3) is 0 Å². The van der Waals surface area contributed by atoms with Crippen LogP contribution in [0.15, 0.2) is 65.7 Å². The highest BCUT2D eigenvalue weighted by atomic mass is 32.2. The van der Waals surface area contributed by atoms with Crippen molar-refractivity contribution in [2.75, 3.05) is 5.32 Å². The summed E-state index contributed by atoms with van der Waals surface area (Å²) < 4.78 is 30.1. The Morgan fingerprint density at radius 3 is 2.66 bits per heavy atom. The van der Waals surface area contributed by atoms with Crippen molar-refractivity contribution < 1.29 is 8.42 Å². The zero-order valence-corrected chi connectivity index (χ0v) is 20.8. The minimum atomic E-state index is -3.66. The topological polar surface area (TPSA) is 117 Å². The summed E-state index contributed by atoms with van der Waals surface area (Å²) in [7, 11) is -3.66. The second kappa shape index (κ2) is 8.47. The number of aromatic amines is 1. The monoisotopic (exact) mass is 489 g/mol. The molecule has 2 aromatic carbocycles. The Labute approximate surface area is 203 Å². The van der Waals surface area contributed by atoms with Gasteiger partial charge >= 0.3 is 0 Å². The van der Waals surface area contributed by atoms with Gasteiger partial charge in [-0.15, -0.1) is 5.10 Å². The standard InChI is InChI=1S/C25H27N7O2S/c1-5-23-28-20-11-9-17(14-21(20)29-23)27-24-26-15-18-10-12-22(32(18)30-24)16-7-6-8-19(13-16)35(33,34)31-25(2,3)4/h6-15,31H,5H2,1-4H3,(H,27,30)(H,28,29). The molecule has 0 spiro atoms. The molecular formula is C25H27N7O2S. The van der Waals surface area contributed by atoms with Crippen LogP contribution in [-0.4, -0.2) is 38.5 Å². The third-order valence-electron chi connectivity index (χ3n) is 5.40. The smallest absolute Gasteiger partial charge is 0.245 e. The summed E-state index contributed by atoms with van der Waals surface area (Å²) in [4.78, 5) is 12.5. The van der Waals surface area contributed by atoms with E-state index in [1.54, 1.807) is 28.9 Å². The summed E-state index contributed by atoms with van der Waals surface area (Å²) in [5.41, 5.74) is 4.39. The molecule has 0 aliphatic heterocycles. The summed E-state index contributed by atoms with van der Waals surface area (Å²) in [6, 6.07) is 16.5. The van der Waals surface area contributed by atoms with E-state index in [0.717, 1.165) is 45.7 Å². The molecule has 5 aromatic rings. The lowest BCUT2D eigenvalue weighted by atomic mass is 10.1. The van der Waals surface area contributed by atoms with Gasteiger partial charge in [0.2, 0.25) is 16.0 Å². The number of hydrogen-bond acceptors (Lipinski definition) is 6. The highest BCUT2D eigenvalue weighted by Gasteiger charge is 2.22. The Morgan fingerprint density at radius 1 is 1.06 bits per heavy atom. The Balaban J connectivity index is 1.48. The van der Waals surface area contributed by atoms with Gasteiger partial charge < -0.3 is 10.3 Å². The molecule has 0 atom stereocenters. The van der Waals surface area contributed by atoms with Gasteiger partial charge in [-0.05, 0) is 63.2 Å². The molecule has 0 amide bonds. The maximum Gasteiger partial charge on any atom is 0.245 e. The predicted molar refractivity (Wildman–Crippen MR) is 137 cm³/mol. The van der Waals surface area contributed by atoms with Crippen molar-refractivity contribution in [2.24, 2.45) is 0 Å². The summed E-state index contributed by atoms with van der Waals surface area (Å²) in [6.45, 7) is 7.49. The molecule has 0 saturated carbocycles. The zero-order chi connectivity index (χ0) is 24.8. The lowest BCUT2D eigenvalue weighted by molar-refractivity contribution is 0.491. The van der Waals surface area contributed by atoms with Crippen LogP contribution < -0.4 is 10.0 Å². The quantitative estimate of drug-likeness (QED) is 0.319. The number of aryl methyl sites for hydroxylation is 1. The third-order valence-corrected chi connectivity index (χ3v) is 7.16. The molecular weight excluding hydrogens is 462 g/mol. The molecule has 0 unspecified atom stereocenters. The SMILES string of the molecule is CCc1nc2ccc(Nc3ncc4ccc(-c5cccc(S(=O)(=O)NC(C)(C)C)c5)n4n3)cc2[nH]1. The molecule has 180 valence electrons. The van der Waals surface area contributed by atoms with Crippen molar-refractivity contribution in [3.63, 3.8) is 0 Å². The number of aromatic nitrogens is 5. The van der Waals surface area contributed by atoms with Crippen molar-refractivity contribution in [3.8, 4) is 11.3 Å². The van der Waals surface area contributed by atoms with Gasteiger partial charge in [-0.2, -0.15) is 0 Å². The van der Waals surface area contributed by atoms with E-state index in [1.807, 2.05) is 57.2 Å². The number of anilines is 2. The van der Waals surface area contributed by atoms with Gasteiger partial charge in [-0.3, -0.25) is 0 Å². The van der Waals surface area contributed by atoms with E-state index >= 15 is 0 Å². The van der Waals surface area contributed by atoms with Crippen LogP contribution in [0.25, 0.3) is 27.8 Å². The van der Waals surface area contributed by atoms with E-state index in [0.29, 0.717) is 5.95 Å². The molecule has 3 N–H and O–H groups in total. The molecule has 3 aromatic heterocycles. The van der Waals surface area contributed by atoms with Crippen molar-refractivity contribution in [1.29, 1.82) is 0 Å². The third kappa shape index (κ3) is 4.75. The number of sulfonamides is 1. The summed E-state index contributed by atoms with van der Waals surface area (Å²) in [6.07, 6.45) is 2.56.